The largest absolute Gasteiger partial charge is 0.469 e. The molecular formula is C21H20N4O4S. The molecule has 5 rings (SSSR count). The summed E-state index contributed by atoms with van der Waals surface area (Å²) in [5.41, 5.74) is 0.0963. The highest BCUT2D eigenvalue weighted by Gasteiger charge is 2.55. The Kier molecular flexibility index (Phi) is 4.18. The van der Waals surface area contributed by atoms with E-state index >= 15 is 0 Å². The molecule has 9 heteroatoms. The van der Waals surface area contributed by atoms with E-state index in [0.717, 1.165) is 12.1 Å². The van der Waals surface area contributed by atoms with E-state index in [2.05, 4.69) is 5.10 Å². The van der Waals surface area contributed by atoms with Crippen LogP contribution in [0.2, 0.25) is 0 Å². The van der Waals surface area contributed by atoms with E-state index in [1.54, 1.807) is 22.2 Å². The fraction of sp³-hybridized carbons (Fsp3) is 0.333. The van der Waals surface area contributed by atoms with Gasteiger partial charge in [-0.15, -0.1) is 0 Å². The summed E-state index contributed by atoms with van der Waals surface area (Å²) in [4.78, 5) is 31.4. The molecule has 2 aliphatic rings. The average molecular weight is 424 g/mol. The van der Waals surface area contributed by atoms with Gasteiger partial charge in [0.2, 0.25) is 5.72 Å². The van der Waals surface area contributed by atoms with Crippen LogP contribution in [0.5, 0.6) is 5.75 Å². The number of thiazole rings is 1. The lowest BCUT2D eigenvalue weighted by Crippen LogP contribution is -2.58. The number of rotatable bonds is 3. The maximum absolute atomic E-state index is 13.4. The number of benzene rings is 1. The first-order chi connectivity index (χ1) is 14.4. The zero-order valence-electron chi connectivity index (χ0n) is 16.7. The highest BCUT2D eigenvalue weighted by molar-refractivity contribution is 7.07. The number of aromatic nitrogens is 3. The molecule has 0 aliphatic carbocycles. The maximum atomic E-state index is 13.4. The second-order valence-corrected chi connectivity index (χ2v) is 8.43. The molecule has 2 aliphatic heterocycles. The molecule has 3 aromatic rings. The van der Waals surface area contributed by atoms with Gasteiger partial charge in [-0.25, -0.2) is 4.99 Å². The van der Waals surface area contributed by atoms with Gasteiger partial charge in [-0.1, -0.05) is 29.5 Å². The van der Waals surface area contributed by atoms with Crippen molar-refractivity contribution in [1.29, 1.82) is 0 Å². The summed E-state index contributed by atoms with van der Waals surface area (Å²) in [7, 11) is 1.34. The molecule has 0 radical (unpaired) electrons. The lowest BCUT2D eigenvalue weighted by molar-refractivity contribution is -0.158. The van der Waals surface area contributed by atoms with E-state index in [0.29, 0.717) is 20.8 Å². The van der Waals surface area contributed by atoms with Gasteiger partial charge in [-0.05, 0) is 32.1 Å². The number of esters is 1. The number of nitrogens with zero attached hydrogens (tertiary/aromatic N) is 4. The summed E-state index contributed by atoms with van der Waals surface area (Å²) in [6.07, 6.45) is 3.62. The van der Waals surface area contributed by atoms with Crippen LogP contribution in [0, 0.1) is 5.92 Å². The Bertz CT molecular complexity index is 1340. The molecule has 2 aromatic heterocycles. The Hall–Kier alpha value is -3.20. The van der Waals surface area contributed by atoms with Gasteiger partial charge in [-0.3, -0.25) is 18.8 Å². The summed E-state index contributed by atoms with van der Waals surface area (Å²) in [6.45, 7) is 4.51. The Balaban J connectivity index is 1.77. The molecule has 0 unspecified atom stereocenters. The van der Waals surface area contributed by atoms with Crippen molar-refractivity contribution in [2.45, 2.75) is 32.2 Å². The van der Waals surface area contributed by atoms with E-state index < -0.39 is 23.7 Å². The standard InChI is InChI=1S/C21H20N4O4S/c1-4-24-10-9-12(23-24)11-15-18(26)25-17-13-7-5-6-8-14(13)29-21(2,22-20(25)30-15)16(17)19(27)28-3/h5-11,16-17H,4H2,1-3H3/b15-11+/t16-,17-,21-/m0/s1. The Morgan fingerprint density at radius 3 is 2.90 bits per heavy atom. The fourth-order valence-electron chi connectivity index (χ4n) is 4.20. The summed E-state index contributed by atoms with van der Waals surface area (Å²) >= 11 is 1.27. The van der Waals surface area contributed by atoms with Crippen molar-refractivity contribution in [1.82, 2.24) is 14.3 Å². The second-order valence-electron chi connectivity index (χ2n) is 7.42. The predicted octanol–water partition coefficient (Wildman–Crippen LogP) is 1.08. The van der Waals surface area contributed by atoms with Gasteiger partial charge in [0.05, 0.1) is 23.4 Å². The minimum atomic E-state index is -1.16. The van der Waals surface area contributed by atoms with Crippen LogP contribution in [0.1, 0.15) is 31.1 Å². The molecule has 0 saturated heterocycles. The number of ether oxygens (including phenoxy) is 2. The molecule has 4 heterocycles. The van der Waals surface area contributed by atoms with Gasteiger partial charge in [-0.2, -0.15) is 5.10 Å². The van der Waals surface area contributed by atoms with Crippen molar-refractivity contribution in [2.75, 3.05) is 7.11 Å². The van der Waals surface area contributed by atoms with Crippen LogP contribution in [0.25, 0.3) is 6.08 Å². The topological polar surface area (TPSA) is 87.7 Å². The summed E-state index contributed by atoms with van der Waals surface area (Å²) in [5.74, 6) is -0.619. The quantitative estimate of drug-likeness (QED) is 0.587. The van der Waals surface area contributed by atoms with Crippen molar-refractivity contribution >= 4 is 23.4 Å². The Labute approximate surface area is 175 Å². The van der Waals surface area contributed by atoms with Crippen molar-refractivity contribution in [3.63, 3.8) is 0 Å². The highest BCUT2D eigenvalue weighted by Crippen LogP contribution is 2.47. The SMILES string of the molecule is CCn1ccc(/C=c2/sc3n(c2=O)[C@H]2c4ccccc4O[C@](C)(N=3)[C@@H]2C(=O)OC)n1. The monoisotopic (exact) mass is 424 g/mol. The molecule has 8 nitrogen and oxygen atoms in total. The normalized spacial score (nSPS) is 24.4. The van der Waals surface area contributed by atoms with E-state index in [1.807, 2.05) is 43.5 Å². The zero-order valence-corrected chi connectivity index (χ0v) is 17.5. The van der Waals surface area contributed by atoms with Gasteiger partial charge >= 0.3 is 5.97 Å². The van der Waals surface area contributed by atoms with Gasteiger partial charge in [0.15, 0.2) is 4.80 Å². The lowest BCUT2D eigenvalue weighted by atomic mass is 9.81. The molecule has 0 spiro atoms. The molecule has 0 fully saturated rings. The maximum Gasteiger partial charge on any atom is 0.317 e. The Morgan fingerprint density at radius 1 is 1.37 bits per heavy atom. The summed E-state index contributed by atoms with van der Waals surface area (Å²) in [6, 6.07) is 8.73. The smallest absolute Gasteiger partial charge is 0.317 e. The first-order valence-electron chi connectivity index (χ1n) is 9.67. The second kappa shape index (κ2) is 6.66. The number of fused-ring (bicyclic) bond motifs is 6. The van der Waals surface area contributed by atoms with Crippen molar-refractivity contribution in [3.8, 4) is 5.75 Å². The van der Waals surface area contributed by atoms with E-state index in [4.69, 9.17) is 14.5 Å². The van der Waals surface area contributed by atoms with Crippen molar-refractivity contribution in [3.05, 3.63) is 67.5 Å². The van der Waals surface area contributed by atoms with E-state index in [-0.39, 0.29) is 5.56 Å². The van der Waals surface area contributed by atoms with Crippen LogP contribution < -0.4 is 19.6 Å². The average Bonchev–Trinajstić information content (AvgIpc) is 3.30. The number of hydrogen-bond donors (Lipinski definition) is 0. The molecule has 0 amide bonds. The van der Waals surface area contributed by atoms with Crippen LogP contribution in [-0.2, 0) is 16.1 Å². The highest BCUT2D eigenvalue weighted by atomic mass is 32.1. The molecule has 30 heavy (non-hydrogen) atoms. The molecule has 154 valence electrons. The molecule has 0 N–H and O–H groups in total. The lowest BCUT2D eigenvalue weighted by Gasteiger charge is -2.44. The van der Waals surface area contributed by atoms with Crippen molar-refractivity contribution in [2.24, 2.45) is 10.9 Å². The fourth-order valence-corrected chi connectivity index (χ4v) is 5.28. The number of carbonyl (C=O) groups excluding carboxylic acids is 1. The molecular weight excluding hydrogens is 404 g/mol. The van der Waals surface area contributed by atoms with Crippen LogP contribution in [0.15, 0.2) is 46.3 Å². The van der Waals surface area contributed by atoms with Crippen LogP contribution in [-0.4, -0.2) is 33.2 Å². The van der Waals surface area contributed by atoms with E-state index in [9.17, 15) is 9.59 Å². The number of methoxy groups -OCH3 is 1. The van der Waals surface area contributed by atoms with Crippen molar-refractivity contribution < 1.29 is 14.3 Å². The number of para-hydroxylation sites is 1. The first kappa shape index (κ1) is 18.8. The number of aryl methyl sites for hydroxylation is 1. The van der Waals surface area contributed by atoms with Gasteiger partial charge in [0.25, 0.3) is 5.56 Å². The predicted molar refractivity (Wildman–Crippen MR) is 110 cm³/mol. The Morgan fingerprint density at radius 2 is 2.17 bits per heavy atom. The molecule has 1 aromatic carbocycles. The number of carbonyl (C=O) groups is 1. The van der Waals surface area contributed by atoms with Gasteiger partial charge < -0.3 is 9.47 Å². The minimum Gasteiger partial charge on any atom is -0.469 e. The van der Waals surface area contributed by atoms with Gasteiger partial charge in [0.1, 0.15) is 11.7 Å². The summed E-state index contributed by atoms with van der Waals surface area (Å²) in [5, 5.41) is 4.43. The molecule has 0 saturated carbocycles. The minimum absolute atomic E-state index is 0.206. The third kappa shape index (κ3) is 2.65. The van der Waals surface area contributed by atoms with Crippen LogP contribution >= 0.6 is 11.3 Å². The van der Waals surface area contributed by atoms with E-state index in [1.165, 1.54) is 18.4 Å². The zero-order chi connectivity index (χ0) is 21.0. The van der Waals surface area contributed by atoms with Crippen LogP contribution in [0.4, 0.5) is 0 Å². The molecule has 2 bridgehead atoms. The third-order valence-electron chi connectivity index (χ3n) is 5.60. The summed E-state index contributed by atoms with van der Waals surface area (Å²) < 4.78 is 15.1. The van der Waals surface area contributed by atoms with Gasteiger partial charge in [0, 0.05) is 18.3 Å². The number of hydrogen-bond acceptors (Lipinski definition) is 7. The molecule has 3 atom stereocenters. The van der Waals surface area contributed by atoms with Crippen LogP contribution in [0.3, 0.4) is 0 Å². The first-order valence-corrected chi connectivity index (χ1v) is 10.5. The third-order valence-corrected chi connectivity index (χ3v) is 6.58.